The summed E-state index contributed by atoms with van der Waals surface area (Å²) in [7, 11) is 1.44. The standard InChI is InChI=1S/C34H42O19/c1-11-20(37)24(41)27(44)32(47-11)53-31-26(43)21(38)12(2)48-34(31)52-30-23(40)19-16(36)8-15(49-33-28(45)25(42)22(39)18(10-35)51-33)9-17(19)50-29(30)13-4-6-14(46-3)7-5-13/h4-9,11-12,18,20-22,24-28,31-39,41-45H,10H2,1-3H3/t11-,12-,18+,20-,21-,22+,24+,25-,26+,27+,28+,31+,32-,33+,34-/m0/s1. The fourth-order valence-electron chi connectivity index (χ4n) is 6.30. The highest BCUT2D eigenvalue weighted by atomic mass is 16.8. The first-order valence-corrected chi connectivity index (χ1v) is 16.6. The highest BCUT2D eigenvalue weighted by Crippen LogP contribution is 2.39. The first-order chi connectivity index (χ1) is 25.1. The summed E-state index contributed by atoms with van der Waals surface area (Å²) < 4.78 is 45.6. The summed E-state index contributed by atoms with van der Waals surface area (Å²) in [5, 5.41) is 104. The van der Waals surface area contributed by atoms with Gasteiger partial charge in [-0.25, -0.2) is 0 Å². The monoisotopic (exact) mass is 754 g/mol. The molecule has 10 N–H and O–H groups in total. The van der Waals surface area contributed by atoms with Crippen LogP contribution in [0.1, 0.15) is 13.8 Å². The second-order valence-electron chi connectivity index (χ2n) is 13.0. The van der Waals surface area contributed by atoms with E-state index in [1.807, 2.05) is 0 Å². The predicted octanol–water partition coefficient (Wildman–Crippen LogP) is -2.59. The van der Waals surface area contributed by atoms with Gasteiger partial charge >= 0.3 is 0 Å². The van der Waals surface area contributed by atoms with Crippen molar-refractivity contribution >= 4 is 11.0 Å². The molecule has 2 aromatic carbocycles. The molecule has 53 heavy (non-hydrogen) atoms. The maximum Gasteiger partial charge on any atom is 0.239 e. The molecule has 19 nitrogen and oxygen atoms in total. The molecular formula is C34H42O19. The zero-order chi connectivity index (χ0) is 38.5. The van der Waals surface area contributed by atoms with Crippen LogP contribution in [0.4, 0.5) is 0 Å². The Kier molecular flexibility index (Phi) is 11.5. The number of phenolic OH excluding ortho intramolecular Hbond substituents is 1. The van der Waals surface area contributed by atoms with E-state index in [1.54, 1.807) is 12.1 Å². The van der Waals surface area contributed by atoms with E-state index in [4.69, 9.17) is 37.6 Å². The Hall–Kier alpha value is -3.67. The molecular weight excluding hydrogens is 712 g/mol. The van der Waals surface area contributed by atoms with Crippen molar-refractivity contribution in [2.75, 3.05) is 13.7 Å². The van der Waals surface area contributed by atoms with Crippen molar-refractivity contribution in [1.29, 1.82) is 0 Å². The maximum absolute atomic E-state index is 14.3. The molecule has 3 aliphatic rings. The normalized spacial score (nSPS) is 37.7. The minimum atomic E-state index is -1.82. The first-order valence-electron chi connectivity index (χ1n) is 16.6. The lowest BCUT2D eigenvalue weighted by molar-refractivity contribution is -0.352. The molecule has 0 aliphatic carbocycles. The molecule has 3 fully saturated rings. The van der Waals surface area contributed by atoms with Gasteiger partial charge in [-0.15, -0.1) is 0 Å². The van der Waals surface area contributed by atoms with E-state index in [0.717, 1.165) is 6.07 Å². The van der Waals surface area contributed by atoms with Gasteiger partial charge in [-0.3, -0.25) is 4.79 Å². The molecule has 0 radical (unpaired) electrons. The van der Waals surface area contributed by atoms with Gasteiger partial charge in [0.2, 0.25) is 23.8 Å². The minimum Gasteiger partial charge on any atom is -0.507 e. The fraction of sp³-hybridized carbons (Fsp3) is 0.559. The lowest BCUT2D eigenvalue weighted by Gasteiger charge is -2.45. The minimum absolute atomic E-state index is 0.223. The van der Waals surface area contributed by atoms with Gasteiger partial charge in [0.05, 0.1) is 25.9 Å². The van der Waals surface area contributed by atoms with E-state index in [0.29, 0.717) is 5.75 Å². The summed E-state index contributed by atoms with van der Waals surface area (Å²) in [6.07, 6.45) is -23.7. The van der Waals surface area contributed by atoms with E-state index < -0.39 is 121 Å². The molecule has 3 aliphatic heterocycles. The van der Waals surface area contributed by atoms with Crippen LogP contribution in [0.25, 0.3) is 22.3 Å². The molecule has 292 valence electrons. The van der Waals surface area contributed by atoms with Crippen molar-refractivity contribution in [2.45, 2.75) is 106 Å². The van der Waals surface area contributed by atoms with Gasteiger partial charge in [0.25, 0.3) is 0 Å². The summed E-state index contributed by atoms with van der Waals surface area (Å²) in [5.41, 5.74) is -1.00. The number of ether oxygens (including phenoxy) is 7. The van der Waals surface area contributed by atoms with Crippen molar-refractivity contribution in [3.05, 3.63) is 46.6 Å². The number of rotatable bonds is 9. The Morgan fingerprint density at radius 2 is 1.28 bits per heavy atom. The van der Waals surface area contributed by atoms with Gasteiger partial charge < -0.3 is 88.6 Å². The third-order valence-electron chi connectivity index (χ3n) is 9.48. The van der Waals surface area contributed by atoms with Crippen molar-refractivity contribution in [2.24, 2.45) is 0 Å². The molecule has 6 rings (SSSR count). The second kappa shape index (κ2) is 15.6. The van der Waals surface area contributed by atoms with Crippen LogP contribution >= 0.6 is 0 Å². The number of hydrogen-bond acceptors (Lipinski definition) is 19. The Morgan fingerprint density at radius 3 is 1.92 bits per heavy atom. The summed E-state index contributed by atoms with van der Waals surface area (Å²) in [5.74, 6) is -1.30. The van der Waals surface area contributed by atoms with E-state index >= 15 is 0 Å². The number of methoxy groups -OCH3 is 1. The molecule has 0 unspecified atom stereocenters. The smallest absolute Gasteiger partial charge is 0.239 e. The third kappa shape index (κ3) is 7.41. The number of fused-ring (bicyclic) bond motifs is 1. The van der Waals surface area contributed by atoms with E-state index in [9.17, 15) is 55.9 Å². The molecule has 0 saturated carbocycles. The molecule has 1 aromatic heterocycles. The number of benzene rings is 2. The van der Waals surface area contributed by atoms with Crippen LogP contribution in [-0.2, 0) is 18.9 Å². The Balaban J connectivity index is 1.41. The second-order valence-corrected chi connectivity index (χ2v) is 13.0. The highest BCUT2D eigenvalue weighted by molar-refractivity contribution is 5.88. The summed E-state index contributed by atoms with van der Waals surface area (Å²) in [4.78, 5) is 14.3. The lowest BCUT2D eigenvalue weighted by atomic mass is 9.98. The largest absolute Gasteiger partial charge is 0.507 e. The quantitative estimate of drug-likeness (QED) is 0.107. The Labute approximate surface area is 300 Å². The molecule has 0 amide bonds. The van der Waals surface area contributed by atoms with Gasteiger partial charge in [-0.2, -0.15) is 0 Å². The maximum atomic E-state index is 14.3. The average molecular weight is 755 g/mol. The van der Waals surface area contributed by atoms with Gasteiger partial charge in [0.1, 0.15) is 83.2 Å². The van der Waals surface area contributed by atoms with Crippen molar-refractivity contribution in [3.63, 3.8) is 0 Å². The number of hydrogen-bond donors (Lipinski definition) is 10. The molecule has 19 heteroatoms. The summed E-state index contributed by atoms with van der Waals surface area (Å²) in [6.45, 7) is 2.09. The first kappa shape index (κ1) is 39.0. The fourth-order valence-corrected chi connectivity index (χ4v) is 6.30. The zero-order valence-corrected chi connectivity index (χ0v) is 28.5. The van der Waals surface area contributed by atoms with Crippen LogP contribution in [-0.4, -0.2) is 157 Å². The van der Waals surface area contributed by atoms with Gasteiger partial charge in [0, 0.05) is 17.7 Å². The van der Waals surface area contributed by atoms with Crippen LogP contribution in [0.15, 0.2) is 45.6 Å². The average Bonchev–Trinajstić information content (AvgIpc) is 3.14. The zero-order valence-electron chi connectivity index (χ0n) is 28.5. The third-order valence-corrected chi connectivity index (χ3v) is 9.48. The van der Waals surface area contributed by atoms with Gasteiger partial charge in [0.15, 0.2) is 18.2 Å². The number of aliphatic hydroxyl groups excluding tert-OH is 9. The van der Waals surface area contributed by atoms with Crippen LogP contribution in [0.3, 0.4) is 0 Å². The SMILES string of the molecule is COc1ccc(-c2oc3cc(O[C@@H]4O[C@H](CO)[C@@H](O)[C@H](O)[C@H]4O)cc(O)c3c(=O)c2O[C@@H]2O[C@@H](C)[C@H](O)[C@@H](O)[C@H]2O[C@@H]2O[C@@H](C)[C@H](O)[C@@H](O)[C@H]2O)cc1. The molecule has 3 saturated heterocycles. The number of aliphatic hydroxyl groups is 9. The Bertz CT molecular complexity index is 1780. The van der Waals surface area contributed by atoms with Crippen LogP contribution in [0.2, 0.25) is 0 Å². The number of aromatic hydroxyl groups is 1. The van der Waals surface area contributed by atoms with E-state index in [2.05, 4.69) is 0 Å². The van der Waals surface area contributed by atoms with Crippen LogP contribution < -0.4 is 19.6 Å². The molecule has 4 heterocycles. The number of phenols is 1. The van der Waals surface area contributed by atoms with E-state index in [-0.39, 0.29) is 22.7 Å². The molecule has 3 aromatic rings. The topological polar surface area (TPSA) is 297 Å². The van der Waals surface area contributed by atoms with Crippen molar-refractivity contribution in [3.8, 4) is 34.3 Å². The van der Waals surface area contributed by atoms with Crippen molar-refractivity contribution < 1.29 is 88.6 Å². The Morgan fingerprint density at radius 1 is 0.679 bits per heavy atom. The van der Waals surface area contributed by atoms with Crippen molar-refractivity contribution in [1.82, 2.24) is 0 Å². The molecule has 0 bridgehead atoms. The summed E-state index contributed by atoms with van der Waals surface area (Å²) >= 11 is 0. The predicted molar refractivity (Wildman–Crippen MR) is 175 cm³/mol. The molecule has 15 atom stereocenters. The van der Waals surface area contributed by atoms with Crippen LogP contribution in [0.5, 0.6) is 23.0 Å². The van der Waals surface area contributed by atoms with Crippen LogP contribution in [0, 0.1) is 0 Å². The summed E-state index contributed by atoms with van der Waals surface area (Å²) in [6, 6.07) is 8.27. The lowest BCUT2D eigenvalue weighted by Crippen LogP contribution is -2.63. The van der Waals surface area contributed by atoms with Gasteiger partial charge in [-0.1, -0.05) is 0 Å². The molecule has 0 spiro atoms. The highest BCUT2D eigenvalue weighted by Gasteiger charge is 2.51. The van der Waals surface area contributed by atoms with E-state index in [1.165, 1.54) is 39.2 Å². The van der Waals surface area contributed by atoms with Gasteiger partial charge in [-0.05, 0) is 38.1 Å².